The molecule has 3 aliphatic carbocycles. The van der Waals surface area contributed by atoms with Crippen LogP contribution in [0.15, 0.2) is 12.3 Å². The molecule has 6 rings (SSSR count). The van der Waals surface area contributed by atoms with Crippen molar-refractivity contribution in [3.05, 3.63) is 23.7 Å². The number of rotatable bonds is 6. The third kappa shape index (κ3) is 4.06. The molecule has 3 aliphatic rings. The highest BCUT2D eigenvalue weighted by Gasteiger charge is 2.42. The lowest BCUT2D eigenvalue weighted by Crippen LogP contribution is -2.36. The van der Waals surface area contributed by atoms with E-state index in [1.54, 1.807) is 17.5 Å². The first-order valence-corrected chi connectivity index (χ1v) is 13.3. The lowest BCUT2D eigenvalue weighted by Gasteiger charge is -2.25. The number of thiazole rings is 1. The number of hydrogen-bond acceptors (Lipinski definition) is 10. The highest BCUT2D eigenvalue weighted by molar-refractivity contribution is 7.21. The fraction of sp³-hybridized carbons (Fsp3) is 0.600. The van der Waals surface area contributed by atoms with Crippen molar-refractivity contribution in [1.82, 2.24) is 19.9 Å². The van der Waals surface area contributed by atoms with Gasteiger partial charge in [0.15, 0.2) is 0 Å². The molecule has 0 unspecified atom stereocenters. The average Bonchev–Trinajstić information content (AvgIpc) is 3.60. The Kier molecular flexibility index (Phi) is 5.87. The first-order chi connectivity index (χ1) is 16.9. The highest BCUT2D eigenvalue weighted by atomic mass is 32.1. The van der Waals surface area contributed by atoms with Crippen LogP contribution in [0.1, 0.15) is 43.5 Å². The molecule has 0 amide bonds. The number of fused-ring (bicyclic) bond motifs is 3. The third-order valence-corrected chi connectivity index (χ3v) is 9.24. The second-order valence-electron chi connectivity index (χ2n) is 10.5. The summed E-state index contributed by atoms with van der Waals surface area (Å²) < 4.78 is 1.04. The van der Waals surface area contributed by atoms with E-state index in [9.17, 15) is 15.3 Å². The van der Waals surface area contributed by atoms with E-state index in [1.165, 1.54) is 19.3 Å². The summed E-state index contributed by atoms with van der Waals surface area (Å²) in [6, 6.07) is 1.91. The van der Waals surface area contributed by atoms with Gasteiger partial charge in [-0.3, -0.25) is 4.98 Å². The minimum absolute atomic E-state index is 0.173. The molecule has 2 bridgehead atoms. The Labute approximate surface area is 208 Å². The Bertz CT molecular complexity index is 1250. The van der Waals surface area contributed by atoms with Gasteiger partial charge in [-0.05, 0) is 57.4 Å². The molecule has 9 nitrogen and oxygen atoms in total. The number of aliphatic hydroxyl groups excluding tert-OH is 3. The van der Waals surface area contributed by atoms with E-state index in [-0.39, 0.29) is 12.5 Å². The first-order valence-electron chi connectivity index (χ1n) is 12.5. The molecule has 7 atom stereocenters. The molecule has 3 heterocycles. The summed E-state index contributed by atoms with van der Waals surface area (Å²) in [6.45, 7) is 3.73. The molecule has 3 fully saturated rings. The van der Waals surface area contributed by atoms with Crippen molar-refractivity contribution in [1.29, 1.82) is 0 Å². The Hall–Kier alpha value is -2.40. The number of pyridine rings is 1. The summed E-state index contributed by atoms with van der Waals surface area (Å²) in [4.78, 5) is 19.0. The number of aryl methyl sites for hydroxylation is 2. The van der Waals surface area contributed by atoms with Crippen molar-refractivity contribution in [2.24, 2.45) is 17.8 Å². The number of aromatic nitrogens is 4. The Morgan fingerprint density at radius 1 is 0.971 bits per heavy atom. The van der Waals surface area contributed by atoms with E-state index < -0.39 is 18.2 Å². The Balaban J connectivity index is 1.39. The fourth-order valence-corrected chi connectivity index (χ4v) is 7.41. The highest BCUT2D eigenvalue weighted by Crippen LogP contribution is 2.46. The van der Waals surface area contributed by atoms with Crippen LogP contribution in [0.2, 0.25) is 0 Å². The van der Waals surface area contributed by atoms with Crippen LogP contribution in [0.25, 0.3) is 20.8 Å². The van der Waals surface area contributed by atoms with Crippen LogP contribution in [-0.4, -0.2) is 66.2 Å². The van der Waals surface area contributed by atoms with E-state index >= 15 is 0 Å². The second-order valence-corrected chi connectivity index (χ2v) is 11.5. The number of hydrogen-bond donors (Lipinski definition) is 5. The van der Waals surface area contributed by atoms with Gasteiger partial charge < -0.3 is 26.0 Å². The molecule has 186 valence electrons. The van der Waals surface area contributed by atoms with Gasteiger partial charge in [0.05, 0.1) is 33.8 Å². The molecule has 0 aliphatic heterocycles. The molecular formula is C25H32N6O3S. The summed E-state index contributed by atoms with van der Waals surface area (Å²) in [5.41, 5.74) is 3.31. The van der Waals surface area contributed by atoms with Gasteiger partial charge >= 0.3 is 0 Å². The lowest BCUT2D eigenvalue weighted by molar-refractivity contribution is 0.00446. The molecule has 0 aromatic carbocycles. The molecule has 3 aromatic heterocycles. The van der Waals surface area contributed by atoms with E-state index in [2.05, 4.69) is 15.6 Å². The van der Waals surface area contributed by atoms with E-state index in [0.717, 1.165) is 44.5 Å². The Morgan fingerprint density at radius 2 is 1.83 bits per heavy atom. The number of aliphatic hydroxyl groups is 3. The van der Waals surface area contributed by atoms with Gasteiger partial charge in [-0.2, -0.15) is 4.98 Å². The van der Waals surface area contributed by atoms with Crippen molar-refractivity contribution < 1.29 is 15.3 Å². The van der Waals surface area contributed by atoms with Crippen LogP contribution < -0.4 is 10.6 Å². The summed E-state index contributed by atoms with van der Waals surface area (Å²) in [6.07, 6.45) is 5.29. The van der Waals surface area contributed by atoms with Gasteiger partial charge in [-0.15, -0.1) is 11.3 Å². The van der Waals surface area contributed by atoms with Crippen LogP contribution in [0.5, 0.6) is 0 Å². The summed E-state index contributed by atoms with van der Waals surface area (Å²) in [5.74, 6) is 2.27. The maximum Gasteiger partial charge on any atom is 0.225 e. The smallest absolute Gasteiger partial charge is 0.225 e. The summed E-state index contributed by atoms with van der Waals surface area (Å²) >= 11 is 1.56. The second kappa shape index (κ2) is 8.92. The third-order valence-electron chi connectivity index (χ3n) is 8.20. The number of anilines is 2. The minimum atomic E-state index is -1.00. The SMILES string of the molecule is Cc1nc(N[C@@H]2C[C@H]3CC[C@@H]2C3)nc(N[C@@H]2C[C@H](CO)[C@@H](O)[C@H]2O)c1-c1nc2c(C)nccc2s1. The zero-order valence-electron chi connectivity index (χ0n) is 20.0. The van der Waals surface area contributed by atoms with Crippen LogP contribution in [0.4, 0.5) is 11.8 Å². The van der Waals surface area contributed by atoms with Crippen molar-refractivity contribution in [3.63, 3.8) is 0 Å². The average molecular weight is 497 g/mol. The van der Waals surface area contributed by atoms with Gasteiger partial charge in [0.1, 0.15) is 22.4 Å². The number of nitrogens with one attached hydrogen (secondary N) is 2. The van der Waals surface area contributed by atoms with Crippen LogP contribution in [0.3, 0.4) is 0 Å². The molecule has 5 N–H and O–H groups in total. The maximum atomic E-state index is 10.7. The largest absolute Gasteiger partial charge is 0.396 e. The molecule has 10 heteroatoms. The van der Waals surface area contributed by atoms with Crippen molar-refractivity contribution in [2.75, 3.05) is 17.2 Å². The molecular weight excluding hydrogens is 464 g/mol. The van der Waals surface area contributed by atoms with Gasteiger partial charge in [-0.25, -0.2) is 9.97 Å². The zero-order valence-corrected chi connectivity index (χ0v) is 20.8. The minimum Gasteiger partial charge on any atom is -0.396 e. The Morgan fingerprint density at radius 3 is 2.51 bits per heavy atom. The van der Waals surface area contributed by atoms with Gasteiger partial charge in [-0.1, -0.05) is 6.42 Å². The molecule has 35 heavy (non-hydrogen) atoms. The quantitative estimate of drug-likeness (QED) is 0.349. The first kappa shape index (κ1) is 23.0. The van der Waals surface area contributed by atoms with E-state index in [4.69, 9.17) is 15.0 Å². The van der Waals surface area contributed by atoms with E-state index in [1.807, 2.05) is 19.9 Å². The van der Waals surface area contributed by atoms with Crippen LogP contribution in [-0.2, 0) is 0 Å². The van der Waals surface area contributed by atoms with Gasteiger partial charge in [0.25, 0.3) is 0 Å². The topological polar surface area (TPSA) is 136 Å². The maximum absolute atomic E-state index is 10.7. The standard InChI is InChI=1S/C25H32N6O3S/c1-11-19(24-30-20-12(2)26-6-5-18(20)35-24)23(28-17-9-15(10-32)21(33)22(17)34)31-25(27-11)29-16-8-13-3-4-14(16)7-13/h5-6,13-17,21-22,32-34H,3-4,7-10H2,1-2H3,(H2,27,28,29,31)/t13-,14+,15+,16+,17+,21+,22-/m0/s1. The molecule has 3 aromatic rings. The predicted octanol–water partition coefficient (Wildman–Crippen LogP) is 2.88. The zero-order chi connectivity index (χ0) is 24.3. The van der Waals surface area contributed by atoms with Crippen LogP contribution in [0, 0.1) is 31.6 Å². The van der Waals surface area contributed by atoms with Gasteiger partial charge in [0.2, 0.25) is 5.95 Å². The molecule has 0 saturated heterocycles. The number of nitrogens with zero attached hydrogens (tertiary/aromatic N) is 4. The summed E-state index contributed by atoms with van der Waals surface area (Å²) in [5, 5.41) is 38.4. The predicted molar refractivity (Wildman–Crippen MR) is 135 cm³/mol. The van der Waals surface area contributed by atoms with Crippen molar-refractivity contribution >= 4 is 33.3 Å². The van der Waals surface area contributed by atoms with E-state index in [0.29, 0.717) is 30.1 Å². The fourth-order valence-electron chi connectivity index (χ4n) is 6.30. The molecule has 0 spiro atoms. The van der Waals surface area contributed by atoms with Crippen LogP contribution >= 0.6 is 11.3 Å². The lowest BCUT2D eigenvalue weighted by atomic mass is 9.95. The monoisotopic (exact) mass is 496 g/mol. The molecule has 3 saturated carbocycles. The van der Waals surface area contributed by atoms with Crippen molar-refractivity contribution in [3.8, 4) is 10.6 Å². The normalized spacial score (nSPS) is 32.0. The summed E-state index contributed by atoms with van der Waals surface area (Å²) in [7, 11) is 0. The van der Waals surface area contributed by atoms with Crippen molar-refractivity contribution in [2.45, 2.75) is 70.2 Å². The van der Waals surface area contributed by atoms with Gasteiger partial charge in [0, 0.05) is 24.8 Å². The molecule has 0 radical (unpaired) electrons.